The topological polar surface area (TPSA) is 46.8 Å². The minimum Gasteiger partial charge on any atom is -0.493 e. The molecule has 0 aliphatic heterocycles. The summed E-state index contributed by atoms with van der Waals surface area (Å²) in [6, 6.07) is 20.0. The molecule has 0 amide bonds. The molecule has 0 spiro atoms. The maximum atomic E-state index is 5.96. The van der Waals surface area contributed by atoms with Crippen LogP contribution in [0.1, 0.15) is 45.2 Å². The quantitative estimate of drug-likeness (QED) is 0.322. The summed E-state index contributed by atoms with van der Waals surface area (Å²) in [4.78, 5) is 4.25. The summed E-state index contributed by atoms with van der Waals surface area (Å²) in [6.45, 7) is 7.24. The monoisotopic (exact) mass is 401 g/mol. The Hall–Kier alpha value is -3.01. The molecule has 2 aromatic carbocycles. The molecule has 156 valence electrons. The van der Waals surface area contributed by atoms with E-state index in [9.17, 15) is 0 Å². The van der Waals surface area contributed by atoms with Crippen molar-refractivity contribution in [2.75, 3.05) is 6.61 Å². The number of ether oxygens (including phenoxy) is 1. The fourth-order valence-electron chi connectivity index (χ4n) is 3.28. The zero-order valence-corrected chi connectivity index (χ0v) is 18.2. The highest BCUT2D eigenvalue weighted by molar-refractivity contribution is 5.65. The van der Waals surface area contributed by atoms with E-state index in [0.717, 1.165) is 47.0 Å². The van der Waals surface area contributed by atoms with Crippen molar-refractivity contribution in [1.29, 1.82) is 0 Å². The number of aryl methyl sites for hydroxylation is 1. The van der Waals surface area contributed by atoms with Crippen molar-refractivity contribution in [2.45, 2.75) is 46.5 Å². The Bertz CT molecular complexity index is 933. The van der Waals surface area contributed by atoms with E-state index < -0.39 is 0 Å². The van der Waals surface area contributed by atoms with Gasteiger partial charge in [-0.25, -0.2) is 0 Å². The minimum atomic E-state index is 0.628. The van der Waals surface area contributed by atoms with Gasteiger partial charge in [0.2, 0.25) is 0 Å². The second kappa shape index (κ2) is 11.2. The van der Waals surface area contributed by atoms with Crippen molar-refractivity contribution in [3.63, 3.8) is 0 Å². The first-order valence-electron chi connectivity index (χ1n) is 10.9. The maximum absolute atomic E-state index is 5.96. The van der Waals surface area contributed by atoms with E-state index in [0.29, 0.717) is 5.92 Å². The molecule has 1 atom stereocenters. The molecule has 4 heteroatoms. The molecule has 0 fully saturated rings. The van der Waals surface area contributed by atoms with E-state index in [-0.39, 0.29) is 0 Å². The predicted molar refractivity (Wildman–Crippen MR) is 124 cm³/mol. The van der Waals surface area contributed by atoms with Gasteiger partial charge in [-0.15, -0.1) is 0 Å². The largest absolute Gasteiger partial charge is 0.493 e. The summed E-state index contributed by atoms with van der Waals surface area (Å²) in [5.74, 6) is 1.52. The van der Waals surface area contributed by atoms with Crippen LogP contribution in [0, 0.1) is 12.8 Å². The lowest BCUT2D eigenvalue weighted by molar-refractivity contribution is 0.233. The number of aromatic nitrogens is 1. The van der Waals surface area contributed by atoms with Crippen molar-refractivity contribution in [1.82, 2.24) is 4.98 Å². The molecule has 0 aliphatic carbocycles. The zero-order valence-electron chi connectivity index (χ0n) is 18.2. The Morgan fingerprint density at radius 2 is 1.53 bits per heavy atom. The molecule has 0 saturated carbocycles. The molecule has 3 aromatic rings. The minimum absolute atomic E-state index is 0.628. The van der Waals surface area contributed by atoms with Crippen LogP contribution in [0.2, 0.25) is 0 Å². The van der Waals surface area contributed by atoms with Crippen LogP contribution in [0.3, 0.4) is 0 Å². The highest BCUT2D eigenvalue weighted by Gasteiger charge is 2.07. The zero-order chi connectivity index (χ0) is 21.2. The second-order valence-corrected chi connectivity index (χ2v) is 7.65. The molecule has 1 heterocycles. The van der Waals surface area contributed by atoms with Crippen molar-refractivity contribution >= 4 is 11.4 Å². The summed E-state index contributed by atoms with van der Waals surface area (Å²) in [5.41, 5.74) is 4.95. The second-order valence-electron chi connectivity index (χ2n) is 7.65. The molecule has 30 heavy (non-hydrogen) atoms. The lowest BCUT2D eigenvalue weighted by Crippen LogP contribution is -2.11. The third kappa shape index (κ3) is 6.51. The van der Waals surface area contributed by atoms with Gasteiger partial charge in [0, 0.05) is 11.9 Å². The Morgan fingerprint density at radius 1 is 0.867 bits per heavy atom. The van der Waals surface area contributed by atoms with Gasteiger partial charge in [-0.3, -0.25) is 4.98 Å². The standard InChI is InChI=1S/C26H31N3O/c1-4-6-7-21(5-2)19-30-26-14-12-25(13-15-26)29-28-24-10-8-22(9-11-24)23-16-17-27-20(3)18-23/h8-18,21H,4-7,19H2,1-3H3. The molecule has 1 aromatic heterocycles. The molecule has 3 rings (SSSR count). The van der Waals surface area contributed by atoms with E-state index >= 15 is 0 Å². The molecular weight excluding hydrogens is 370 g/mol. The van der Waals surface area contributed by atoms with Gasteiger partial charge in [0.25, 0.3) is 0 Å². The summed E-state index contributed by atoms with van der Waals surface area (Å²) in [6.07, 6.45) is 6.73. The van der Waals surface area contributed by atoms with Gasteiger partial charge in [0.05, 0.1) is 18.0 Å². The average molecular weight is 402 g/mol. The van der Waals surface area contributed by atoms with Crippen LogP contribution in [-0.4, -0.2) is 11.6 Å². The van der Waals surface area contributed by atoms with E-state index in [1.807, 2.05) is 55.6 Å². The van der Waals surface area contributed by atoms with Gasteiger partial charge in [0.1, 0.15) is 5.75 Å². The van der Waals surface area contributed by atoms with Crippen molar-refractivity contribution in [3.05, 3.63) is 72.6 Å². The molecule has 0 N–H and O–H groups in total. The molecule has 0 bridgehead atoms. The van der Waals surface area contributed by atoms with Crippen LogP contribution >= 0.6 is 0 Å². The summed E-state index contributed by atoms with van der Waals surface area (Å²) in [5, 5.41) is 8.70. The Kier molecular flexibility index (Phi) is 8.13. The van der Waals surface area contributed by atoms with Crippen LogP contribution in [0.4, 0.5) is 11.4 Å². The van der Waals surface area contributed by atoms with Crippen LogP contribution in [0.15, 0.2) is 77.1 Å². The molecule has 0 saturated heterocycles. The third-order valence-electron chi connectivity index (χ3n) is 5.24. The van der Waals surface area contributed by atoms with Crippen LogP contribution in [0.25, 0.3) is 11.1 Å². The molecule has 0 aliphatic rings. The SMILES string of the molecule is CCCCC(CC)COc1ccc(N=Nc2ccc(-c3ccnc(C)c3)cc2)cc1. The van der Waals surface area contributed by atoms with Gasteiger partial charge >= 0.3 is 0 Å². The summed E-state index contributed by atoms with van der Waals surface area (Å²) >= 11 is 0. The van der Waals surface area contributed by atoms with Crippen LogP contribution in [0.5, 0.6) is 5.75 Å². The number of benzene rings is 2. The number of nitrogens with zero attached hydrogens (tertiary/aromatic N) is 3. The fraction of sp³-hybridized carbons (Fsp3) is 0.346. The first-order chi connectivity index (χ1) is 14.7. The third-order valence-corrected chi connectivity index (χ3v) is 5.24. The van der Waals surface area contributed by atoms with E-state index in [1.165, 1.54) is 19.3 Å². The van der Waals surface area contributed by atoms with Gasteiger partial charge < -0.3 is 4.74 Å². The molecule has 4 nitrogen and oxygen atoms in total. The first kappa shape index (κ1) is 21.7. The molecule has 1 unspecified atom stereocenters. The number of rotatable bonds is 10. The maximum Gasteiger partial charge on any atom is 0.119 e. The lowest BCUT2D eigenvalue weighted by Gasteiger charge is -2.15. The van der Waals surface area contributed by atoms with E-state index in [1.54, 1.807) is 0 Å². The number of pyridine rings is 1. The first-order valence-corrected chi connectivity index (χ1v) is 10.9. The Balaban J connectivity index is 1.56. The van der Waals surface area contributed by atoms with Gasteiger partial charge in [-0.05, 0) is 78.9 Å². The average Bonchev–Trinajstić information content (AvgIpc) is 2.79. The van der Waals surface area contributed by atoms with Crippen LogP contribution < -0.4 is 4.74 Å². The normalized spacial score (nSPS) is 12.2. The van der Waals surface area contributed by atoms with E-state index in [2.05, 4.69) is 47.3 Å². The Labute approximate surface area is 180 Å². The molecule has 0 radical (unpaired) electrons. The number of hydrogen-bond donors (Lipinski definition) is 0. The van der Waals surface area contributed by atoms with E-state index in [4.69, 9.17) is 4.74 Å². The Morgan fingerprint density at radius 3 is 2.13 bits per heavy atom. The highest BCUT2D eigenvalue weighted by Crippen LogP contribution is 2.25. The summed E-state index contributed by atoms with van der Waals surface area (Å²) < 4.78 is 5.96. The van der Waals surface area contributed by atoms with Crippen LogP contribution in [-0.2, 0) is 0 Å². The van der Waals surface area contributed by atoms with Gasteiger partial charge in [-0.2, -0.15) is 10.2 Å². The van der Waals surface area contributed by atoms with Crippen molar-refractivity contribution < 1.29 is 4.74 Å². The predicted octanol–water partition coefficient (Wildman–Crippen LogP) is 8.07. The lowest BCUT2D eigenvalue weighted by atomic mass is 10.0. The number of azo groups is 1. The highest BCUT2D eigenvalue weighted by atomic mass is 16.5. The fourth-order valence-corrected chi connectivity index (χ4v) is 3.28. The smallest absolute Gasteiger partial charge is 0.119 e. The van der Waals surface area contributed by atoms with Gasteiger partial charge in [0.15, 0.2) is 0 Å². The van der Waals surface area contributed by atoms with Crippen molar-refractivity contribution in [3.8, 4) is 16.9 Å². The number of hydrogen-bond acceptors (Lipinski definition) is 4. The molecular formula is C26H31N3O. The van der Waals surface area contributed by atoms with Gasteiger partial charge in [-0.1, -0.05) is 45.2 Å². The summed E-state index contributed by atoms with van der Waals surface area (Å²) in [7, 11) is 0. The number of unbranched alkanes of at least 4 members (excludes halogenated alkanes) is 1. The van der Waals surface area contributed by atoms with Crippen molar-refractivity contribution in [2.24, 2.45) is 16.1 Å².